The van der Waals surface area contributed by atoms with Gasteiger partial charge in [-0.2, -0.15) is 0 Å². The number of carbonyl (C=O) groups excluding carboxylic acids is 1. The molecule has 2 rings (SSSR count). The molecule has 0 fully saturated rings. The molecule has 0 spiro atoms. The Bertz CT molecular complexity index is 691. The molecule has 0 aliphatic heterocycles. The average Bonchev–Trinajstić information content (AvgIpc) is 2.38. The summed E-state index contributed by atoms with van der Waals surface area (Å²) in [4.78, 5) is 26.9. The van der Waals surface area contributed by atoms with Crippen LogP contribution in [0.4, 0.5) is 5.69 Å². The van der Waals surface area contributed by atoms with E-state index >= 15 is 0 Å². The Morgan fingerprint density at radius 1 is 1.30 bits per heavy atom. The Labute approximate surface area is 127 Å². The Morgan fingerprint density at radius 2 is 2.05 bits per heavy atom. The predicted octanol–water partition coefficient (Wildman–Crippen LogP) is 3.45. The van der Waals surface area contributed by atoms with E-state index in [1.54, 1.807) is 12.1 Å². The van der Waals surface area contributed by atoms with E-state index in [-0.39, 0.29) is 22.0 Å². The number of pyridine rings is 1. The number of aromatic carboxylic acids is 1. The second kappa shape index (κ2) is 6.02. The summed E-state index contributed by atoms with van der Waals surface area (Å²) in [6.45, 7) is 0. The lowest BCUT2D eigenvalue weighted by Gasteiger charge is -2.07. The van der Waals surface area contributed by atoms with Gasteiger partial charge in [-0.1, -0.05) is 11.6 Å². The molecular formula is C13H8BrClN2O3. The van der Waals surface area contributed by atoms with Gasteiger partial charge in [-0.25, -0.2) is 9.78 Å². The van der Waals surface area contributed by atoms with E-state index in [1.807, 2.05) is 0 Å². The fourth-order valence-corrected chi connectivity index (χ4v) is 2.20. The summed E-state index contributed by atoms with van der Waals surface area (Å²) < 4.78 is 0.540. The number of carboxylic acid groups (broad SMARTS) is 1. The van der Waals surface area contributed by atoms with Crippen LogP contribution in [0.25, 0.3) is 0 Å². The summed E-state index contributed by atoms with van der Waals surface area (Å²) in [7, 11) is 0. The molecule has 2 aromatic rings. The molecule has 0 aliphatic carbocycles. The zero-order valence-electron chi connectivity index (χ0n) is 9.93. The maximum Gasteiger partial charge on any atom is 0.335 e. The number of anilines is 1. The van der Waals surface area contributed by atoms with E-state index in [1.165, 1.54) is 24.4 Å². The number of nitrogens with zero attached hydrogens (tertiary/aromatic N) is 1. The van der Waals surface area contributed by atoms with Gasteiger partial charge in [0.25, 0.3) is 5.91 Å². The lowest BCUT2D eigenvalue weighted by molar-refractivity contribution is 0.0696. The molecule has 0 atom stereocenters. The molecule has 1 aromatic carbocycles. The zero-order valence-corrected chi connectivity index (χ0v) is 12.3. The van der Waals surface area contributed by atoms with Gasteiger partial charge in [0.05, 0.1) is 5.56 Å². The Kier molecular flexibility index (Phi) is 4.36. The van der Waals surface area contributed by atoms with Crippen LogP contribution in [-0.4, -0.2) is 22.0 Å². The second-order valence-electron chi connectivity index (χ2n) is 3.82. The van der Waals surface area contributed by atoms with Crippen molar-refractivity contribution in [3.8, 4) is 0 Å². The monoisotopic (exact) mass is 354 g/mol. The molecule has 0 bridgehead atoms. The van der Waals surface area contributed by atoms with Crippen molar-refractivity contribution in [2.75, 3.05) is 5.32 Å². The maximum atomic E-state index is 12.0. The van der Waals surface area contributed by atoms with E-state index in [9.17, 15) is 9.59 Å². The predicted molar refractivity (Wildman–Crippen MR) is 78.3 cm³/mol. The Morgan fingerprint density at radius 3 is 2.70 bits per heavy atom. The summed E-state index contributed by atoms with van der Waals surface area (Å²) >= 11 is 9.03. The van der Waals surface area contributed by atoms with Crippen LogP contribution in [0.2, 0.25) is 5.02 Å². The standard InChI is InChI=1S/C13H8BrClN2O3/c14-10-2-1-3-16-11(10)12(18)17-9-5-7(13(19)20)4-8(15)6-9/h1-6H,(H,17,18)(H,19,20). The zero-order chi connectivity index (χ0) is 14.7. The first kappa shape index (κ1) is 14.5. The molecule has 0 saturated heterocycles. The average molecular weight is 356 g/mol. The Balaban J connectivity index is 2.28. The molecule has 1 amide bonds. The topological polar surface area (TPSA) is 79.3 Å². The van der Waals surface area contributed by atoms with E-state index in [0.717, 1.165) is 0 Å². The van der Waals surface area contributed by atoms with E-state index in [0.29, 0.717) is 4.47 Å². The fraction of sp³-hybridized carbons (Fsp3) is 0. The van der Waals surface area contributed by atoms with Crippen molar-refractivity contribution in [3.05, 3.63) is 57.3 Å². The quantitative estimate of drug-likeness (QED) is 0.884. The molecule has 1 aromatic heterocycles. The number of rotatable bonds is 3. The van der Waals surface area contributed by atoms with E-state index < -0.39 is 11.9 Å². The van der Waals surface area contributed by atoms with Gasteiger partial charge < -0.3 is 10.4 Å². The third-order valence-corrected chi connectivity index (χ3v) is 3.23. The van der Waals surface area contributed by atoms with Crippen molar-refractivity contribution >= 4 is 45.1 Å². The van der Waals surface area contributed by atoms with Crippen molar-refractivity contribution in [2.45, 2.75) is 0 Å². The van der Waals surface area contributed by atoms with Gasteiger partial charge in [0.2, 0.25) is 0 Å². The van der Waals surface area contributed by atoms with Crippen LogP contribution in [0.15, 0.2) is 41.0 Å². The van der Waals surface area contributed by atoms with E-state index in [2.05, 4.69) is 26.2 Å². The summed E-state index contributed by atoms with van der Waals surface area (Å²) in [5.74, 6) is -1.59. The van der Waals surface area contributed by atoms with Gasteiger partial charge in [-0.05, 0) is 46.3 Å². The van der Waals surface area contributed by atoms with Crippen molar-refractivity contribution in [2.24, 2.45) is 0 Å². The highest BCUT2D eigenvalue weighted by Crippen LogP contribution is 2.21. The van der Waals surface area contributed by atoms with Gasteiger partial charge in [0.1, 0.15) is 5.69 Å². The highest BCUT2D eigenvalue weighted by atomic mass is 79.9. The van der Waals surface area contributed by atoms with Gasteiger partial charge >= 0.3 is 5.97 Å². The second-order valence-corrected chi connectivity index (χ2v) is 5.11. The molecule has 2 N–H and O–H groups in total. The van der Waals surface area contributed by atoms with E-state index in [4.69, 9.17) is 16.7 Å². The molecular weight excluding hydrogens is 348 g/mol. The number of amides is 1. The summed E-state index contributed by atoms with van der Waals surface area (Å²) in [6, 6.07) is 7.45. The molecule has 0 aliphatic rings. The van der Waals surface area contributed by atoms with Crippen LogP contribution in [0, 0.1) is 0 Å². The molecule has 5 nitrogen and oxygen atoms in total. The number of aromatic nitrogens is 1. The minimum Gasteiger partial charge on any atom is -0.478 e. The number of halogens is 2. The van der Waals surface area contributed by atoms with Crippen LogP contribution >= 0.6 is 27.5 Å². The van der Waals surface area contributed by atoms with Crippen LogP contribution in [0.3, 0.4) is 0 Å². The first-order valence-electron chi connectivity index (χ1n) is 5.43. The maximum absolute atomic E-state index is 12.0. The van der Waals surface area contributed by atoms with Crippen molar-refractivity contribution < 1.29 is 14.7 Å². The molecule has 102 valence electrons. The normalized spacial score (nSPS) is 10.1. The number of benzene rings is 1. The number of carbonyl (C=O) groups is 2. The van der Waals surface area contributed by atoms with Crippen LogP contribution in [0.5, 0.6) is 0 Å². The number of carboxylic acids is 1. The van der Waals surface area contributed by atoms with Crippen molar-refractivity contribution in [3.63, 3.8) is 0 Å². The molecule has 20 heavy (non-hydrogen) atoms. The molecule has 0 radical (unpaired) electrons. The van der Waals surface area contributed by atoms with Crippen molar-refractivity contribution in [1.29, 1.82) is 0 Å². The SMILES string of the molecule is O=C(O)c1cc(Cl)cc(NC(=O)c2ncccc2Br)c1. The van der Waals surface area contributed by atoms with Crippen molar-refractivity contribution in [1.82, 2.24) is 4.98 Å². The minimum absolute atomic E-state index is 0.00659. The lowest BCUT2D eigenvalue weighted by Crippen LogP contribution is -2.14. The molecule has 0 saturated carbocycles. The van der Waals surface area contributed by atoms with Gasteiger partial charge in [-0.15, -0.1) is 0 Å². The minimum atomic E-state index is -1.12. The summed E-state index contributed by atoms with van der Waals surface area (Å²) in [5.41, 5.74) is 0.481. The molecule has 0 unspecified atom stereocenters. The first-order valence-corrected chi connectivity index (χ1v) is 6.60. The fourth-order valence-electron chi connectivity index (χ4n) is 1.53. The largest absolute Gasteiger partial charge is 0.478 e. The van der Waals surface area contributed by atoms with Gasteiger partial charge in [0, 0.05) is 21.4 Å². The highest BCUT2D eigenvalue weighted by molar-refractivity contribution is 9.10. The van der Waals surface area contributed by atoms with Gasteiger partial charge in [-0.3, -0.25) is 4.79 Å². The number of nitrogens with one attached hydrogen (secondary N) is 1. The third-order valence-electron chi connectivity index (χ3n) is 2.38. The van der Waals surface area contributed by atoms with Gasteiger partial charge in [0.15, 0.2) is 0 Å². The summed E-state index contributed by atoms with van der Waals surface area (Å²) in [5, 5.41) is 11.7. The van der Waals surface area contributed by atoms with Crippen LogP contribution in [0.1, 0.15) is 20.8 Å². The Hall–Kier alpha value is -1.92. The third kappa shape index (κ3) is 3.34. The van der Waals surface area contributed by atoms with Crippen LogP contribution < -0.4 is 5.32 Å². The molecule has 7 heteroatoms. The van der Waals surface area contributed by atoms with Crippen LogP contribution in [-0.2, 0) is 0 Å². The first-order chi connectivity index (χ1) is 9.47. The molecule has 1 heterocycles. The smallest absolute Gasteiger partial charge is 0.335 e. The lowest BCUT2D eigenvalue weighted by atomic mass is 10.2. The highest BCUT2D eigenvalue weighted by Gasteiger charge is 2.13. The number of hydrogen-bond donors (Lipinski definition) is 2. The summed E-state index contributed by atoms with van der Waals surface area (Å²) in [6.07, 6.45) is 1.49. The number of hydrogen-bond acceptors (Lipinski definition) is 3.